The number of piperazine rings is 1. The van der Waals surface area contributed by atoms with Gasteiger partial charge in [-0.1, -0.05) is 29.8 Å². The Hall–Kier alpha value is -2.57. The van der Waals surface area contributed by atoms with Crippen molar-refractivity contribution < 1.29 is 4.79 Å². The molecule has 2 aliphatic heterocycles. The maximum absolute atomic E-state index is 13.0. The summed E-state index contributed by atoms with van der Waals surface area (Å²) in [7, 11) is 0. The number of nitrogens with zero attached hydrogens (tertiary/aromatic N) is 4. The van der Waals surface area contributed by atoms with Crippen molar-refractivity contribution in [2.45, 2.75) is 25.7 Å². The van der Waals surface area contributed by atoms with Crippen LogP contribution in [0.25, 0.3) is 17.8 Å². The van der Waals surface area contributed by atoms with Gasteiger partial charge in [0.1, 0.15) is 0 Å². The van der Waals surface area contributed by atoms with Crippen molar-refractivity contribution in [2.75, 3.05) is 44.2 Å². The van der Waals surface area contributed by atoms with Crippen LogP contribution < -0.4 is 20.8 Å². The number of allylic oxidation sites excluding steroid dienone is 2. The second-order valence-electron chi connectivity index (χ2n) is 8.72. The summed E-state index contributed by atoms with van der Waals surface area (Å²) in [5.41, 5.74) is 1.01. The van der Waals surface area contributed by atoms with Crippen LogP contribution >= 0.6 is 11.6 Å². The van der Waals surface area contributed by atoms with Gasteiger partial charge in [0.2, 0.25) is 5.91 Å². The van der Waals surface area contributed by atoms with Gasteiger partial charge >= 0.3 is 0 Å². The molecule has 0 saturated carbocycles. The Morgan fingerprint density at radius 2 is 1.78 bits per heavy atom. The van der Waals surface area contributed by atoms with E-state index in [1.54, 1.807) is 0 Å². The van der Waals surface area contributed by atoms with Crippen LogP contribution in [-0.2, 0) is 4.79 Å². The number of carbonyl (C=O) groups is 1. The van der Waals surface area contributed by atoms with Crippen molar-refractivity contribution in [1.29, 1.82) is 0 Å². The molecule has 1 aromatic heterocycles. The van der Waals surface area contributed by atoms with Crippen molar-refractivity contribution >= 4 is 35.5 Å². The van der Waals surface area contributed by atoms with E-state index in [4.69, 9.17) is 16.7 Å². The molecule has 0 atom stereocenters. The van der Waals surface area contributed by atoms with Crippen molar-refractivity contribution in [3.8, 4) is 5.69 Å². The molecule has 6 nitrogen and oxygen atoms in total. The number of piperidine rings is 1. The zero-order valence-electron chi connectivity index (χ0n) is 18.3. The standard InChI is InChI=1S/C25H30ClN5O/c26-20-7-9-21(10-8-20)31-23-6-4-2-1-3-5-22(23)24(28-31)29-15-11-19(12-16-29)25(32)30-17-13-27-14-18-30/h1,3,5-10,19,27H,2,4,11-18H2. The van der Waals surface area contributed by atoms with E-state index in [0.29, 0.717) is 5.91 Å². The fourth-order valence-electron chi connectivity index (χ4n) is 4.86. The van der Waals surface area contributed by atoms with Crippen LogP contribution in [0, 0.1) is 5.92 Å². The smallest absolute Gasteiger partial charge is 0.225 e. The van der Waals surface area contributed by atoms with Crippen LogP contribution in [0.5, 0.6) is 0 Å². The molecule has 2 fully saturated rings. The number of nitrogens with one attached hydrogen (secondary N) is 1. The Bertz CT molecular complexity index is 1110. The van der Waals surface area contributed by atoms with E-state index in [0.717, 1.165) is 92.0 Å². The molecular weight excluding hydrogens is 422 g/mol. The summed E-state index contributed by atoms with van der Waals surface area (Å²) in [5.74, 6) is 1.46. The summed E-state index contributed by atoms with van der Waals surface area (Å²) in [6.45, 7) is 5.16. The number of rotatable bonds is 3. The third-order valence-corrected chi connectivity index (χ3v) is 6.91. The van der Waals surface area contributed by atoms with Gasteiger partial charge in [-0.05, 0) is 56.0 Å². The largest absolute Gasteiger partial charge is 0.355 e. The Morgan fingerprint density at radius 1 is 1.03 bits per heavy atom. The first-order chi connectivity index (χ1) is 15.7. The lowest BCUT2D eigenvalue weighted by Gasteiger charge is -2.35. The van der Waals surface area contributed by atoms with Crippen LogP contribution in [0.3, 0.4) is 0 Å². The summed E-state index contributed by atoms with van der Waals surface area (Å²) in [4.78, 5) is 17.3. The number of carbonyl (C=O) groups excluding carboxylic acids is 1. The minimum absolute atomic E-state index is 0.125. The maximum atomic E-state index is 13.0. The van der Waals surface area contributed by atoms with Crippen LogP contribution in [0.4, 0.5) is 5.82 Å². The van der Waals surface area contributed by atoms with E-state index in [-0.39, 0.29) is 5.92 Å². The molecule has 1 aliphatic carbocycles. The average Bonchev–Trinajstić information content (AvgIpc) is 3.16. The van der Waals surface area contributed by atoms with Gasteiger partial charge in [-0.15, -0.1) is 5.10 Å². The van der Waals surface area contributed by atoms with Gasteiger partial charge in [0.05, 0.1) is 11.0 Å². The Morgan fingerprint density at radius 3 is 2.53 bits per heavy atom. The maximum Gasteiger partial charge on any atom is 0.225 e. The van der Waals surface area contributed by atoms with Gasteiger partial charge in [-0.25, -0.2) is 4.68 Å². The summed E-state index contributed by atoms with van der Waals surface area (Å²) in [6, 6.07) is 7.84. The average molecular weight is 452 g/mol. The molecule has 2 aromatic rings. The Labute approximate surface area is 193 Å². The monoisotopic (exact) mass is 451 g/mol. The molecule has 1 amide bonds. The first-order valence-electron chi connectivity index (χ1n) is 11.7. The summed E-state index contributed by atoms with van der Waals surface area (Å²) >= 11 is 6.12. The highest BCUT2D eigenvalue weighted by Gasteiger charge is 2.30. The van der Waals surface area contributed by atoms with Crippen LogP contribution in [-0.4, -0.2) is 59.9 Å². The van der Waals surface area contributed by atoms with Crippen molar-refractivity contribution in [2.24, 2.45) is 5.92 Å². The van der Waals surface area contributed by atoms with Crippen LogP contribution in [0.15, 0.2) is 36.4 Å². The molecule has 32 heavy (non-hydrogen) atoms. The third kappa shape index (κ3) is 4.34. The molecule has 2 saturated heterocycles. The SMILES string of the molecule is O=C(C1CCN(c2nn(-c3ccc(Cl)cc3)c3c2=CC=CCCC=3)CC1)N1CCNCC1. The number of amides is 1. The second-order valence-corrected chi connectivity index (χ2v) is 9.16. The number of fused-ring (bicyclic) bond motifs is 1. The second kappa shape index (κ2) is 9.51. The minimum atomic E-state index is 0.125. The molecule has 168 valence electrons. The molecule has 0 spiro atoms. The molecule has 1 aromatic carbocycles. The minimum Gasteiger partial charge on any atom is -0.355 e. The lowest BCUT2D eigenvalue weighted by molar-refractivity contribution is -0.136. The predicted molar refractivity (Wildman–Crippen MR) is 130 cm³/mol. The number of halogens is 1. The van der Waals surface area contributed by atoms with Crippen molar-refractivity contribution in [3.05, 3.63) is 52.0 Å². The fourth-order valence-corrected chi connectivity index (χ4v) is 4.98. The quantitative estimate of drug-likeness (QED) is 0.776. The lowest BCUT2D eigenvalue weighted by atomic mass is 9.95. The first kappa shape index (κ1) is 21.3. The number of anilines is 1. The highest BCUT2D eigenvalue weighted by atomic mass is 35.5. The van der Waals surface area contributed by atoms with Crippen molar-refractivity contribution in [1.82, 2.24) is 20.0 Å². The lowest BCUT2D eigenvalue weighted by Crippen LogP contribution is -2.50. The summed E-state index contributed by atoms with van der Waals surface area (Å²) in [5, 5.41) is 11.4. The van der Waals surface area contributed by atoms with Crippen LogP contribution in [0.1, 0.15) is 25.7 Å². The normalized spacial score (nSPS) is 19.5. The molecule has 3 aliphatic rings. The Balaban J connectivity index is 1.42. The molecule has 5 rings (SSSR count). The van der Waals surface area contributed by atoms with Gasteiger partial charge in [0, 0.05) is 55.4 Å². The zero-order valence-corrected chi connectivity index (χ0v) is 19.1. The van der Waals surface area contributed by atoms with Gasteiger partial charge in [-0.2, -0.15) is 0 Å². The van der Waals surface area contributed by atoms with E-state index < -0.39 is 0 Å². The number of aromatic nitrogens is 2. The first-order valence-corrected chi connectivity index (χ1v) is 12.0. The van der Waals surface area contributed by atoms with Gasteiger partial charge in [-0.3, -0.25) is 4.79 Å². The van der Waals surface area contributed by atoms with E-state index in [2.05, 4.69) is 34.5 Å². The molecule has 0 unspecified atom stereocenters. The summed E-state index contributed by atoms with van der Waals surface area (Å²) < 4.78 is 2.04. The zero-order chi connectivity index (χ0) is 21.9. The topological polar surface area (TPSA) is 53.4 Å². The van der Waals surface area contributed by atoms with E-state index in [1.165, 1.54) is 0 Å². The molecule has 1 N–H and O–H groups in total. The van der Waals surface area contributed by atoms with E-state index in [9.17, 15) is 4.79 Å². The third-order valence-electron chi connectivity index (χ3n) is 6.65. The fraction of sp³-hybridized carbons (Fsp3) is 0.440. The summed E-state index contributed by atoms with van der Waals surface area (Å²) in [6.07, 6.45) is 12.6. The van der Waals surface area contributed by atoms with E-state index in [1.807, 2.05) is 33.8 Å². The van der Waals surface area contributed by atoms with Gasteiger partial charge in [0.15, 0.2) is 5.82 Å². The molecule has 0 bridgehead atoms. The molecular formula is C25H30ClN5O. The van der Waals surface area contributed by atoms with Crippen molar-refractivity contribution in [3.63, 3.8) is 0 Å². The number of benzene rings is 1. The number of hydrogen-bond donors (Lipinski definition) is 1. The molecule has 7 heteroatoms. The predicted octanol–water partition coefficient (Wildman–Crippen LogP) is 2.08. The molecule has 3 heterocycles. The highest BCUT2D eigenvalue weighted by molar-refractivity contribution is 6.30. The Kier molecular flexibility index (Phi) is 6.32. The highest BCUT2D eigenvalue weighted by Crippen LogP contribution is 2.23. The van der Waals surface area contributed by atoms with Gasteiger partial charge in [0.25, 0.3) is 0 Å². The molecule has 0 radical (unpaired) electrons. The number of hydrogen-bond acceptors (Lipinski definition) is 4. The van der Waals surface area contributed by atoms with E-state index >= 15 is 0 Å². The van der Waals surface area contributed by atoms with Crippen LogP contribution in [0.2, 0.25) is 5.02 Å². The van der Waals surface area contributed by atoms with Gasteiger partial charge < -0.3 is 15.1 Å².